The molecule has 0 fully saturated rings. The van der Waals surface area contributed by atoms with Crippen LogP contribution < -0.4 is 0 Å². The fraction of sp³-hybridized carbons (Fsp3) is 0.188. The first kappa shape index (κ1) is 12.0. The molecule has 3 aromatic rings. The van der Waals surface area contributed by atoms with E-state index in [1.165, 1.54) is 11.1 Å². The number of nitrogens with zero attached hydrogens (tertiary/aromatic N) is 3. The van der Waals surface area contributed by atoms with Gasteiger partial charge in [-0.25, -0.2) is 15.0 Å². The minimum Gasteiger partial charge on any atom is -0.247 e. The van der Waals surface area contributed by atoms with Crippen LogP contribution in [0.4, 0.5) is 0 Å². The Balaban J connectivity index is 2.07. The summed E-state index contributed by atoms with van der Waals surface area (Å²) in [5.74, 6) is 0. The lowest BCUT2D eigenvalue weighted by atomic mass is 10.1. The molecular weight excluding hydrogens is 314 g/mol. The first-order valence-electron chi connectivity index (χ1n) is 6.57. The van der Waals surface area contributed by atoms with Gasteiger partial charge in [0.15, 0.2) is 5.65 Å². The largest absolute Gasteiger partial charge is 0.247 e. The number of aryl methyl sites for hydroxylation is 2. The number of fused-ring (bicyclic) bond motifs is 4. The van der Waals surface area contributed by atoms with Crippen LogP contribution >= 0.6 is 15.9 Å². The number of hydrogen-bond donors (Lipinski definition) is 0. The van der Waals surface area contributed by atoms with Crippen molar-refractivity contribution in [2.45, 2.75) is 20.3 Å². The van der Waals surface area contributed by atoms with Crippen LogP contribution in [0.25, 0.3) is 22.4 Å². The van der Waals surface area contributed by atoms with Crippen LogP contribution in [0.3, 0.4) is 0 Å². The van der Waals surface area contributed by atoms with Crippen molar-refractivity contribution in [1.82, 2.24) is 15.0 Å². The SMILES string of the molecule is Cc1nc2nc3c(nc2c(C)c1Br)Cc1ccccc1-3. The first-order valence-corrected chi connectivity index (χ1v) is 7.36. The van der Waals surface area contributed by atoms with Gasteiger partial charge in [-0.3, -0.25) is 0 Å². The maximum Gasteiger partial charge on any atom is 0.179 e. The smallest absolute Gasteiger partial charge is 0.179 e. The molecule has 4 rings (SSSR count). The Morgan fingerprint density at radius 2 is 1.85 bits per heavy atom. The molecule has 1 aliphatic carbocycles. The van der Waals surface area contributed by atoms with Gasteiger partial charge in [0.05, 0.1) is 17.1 Å². The second kappa shape index (κ2) is 4.09. The molecule has 1 aliphatic rings. The van der Waals surface area contributed by atoms with E-state index in [0.29, 0.717) is 0 Å². The molecule has 0 N–H and O–H groups in total. The van der Waals surface area contributed by atoms with Crippen molar-refractivity contribution in [3.05, 3.63) is 51.3 Å². The molecule has 0 unspecified atom stereocenters. The van der Waals surface area contributed by atoms with E-state index in [9.17, 15) is 0 Å². The van der Waals surface area contributed by atoms with Crippen molar-refractivity contribution in [1.29, 1.82) is 0 Å². The van der Waals surface area contributed by atoms with Crippen molar-refractivity contribution < 1.29 is 0 Å². The van der Waals surface area contributed by atoms with E-state index in [-0.39, 0.29) is 0 Å². The van der Waals surface area contributed by atoms with E-state index in [2.05, 4.69) is 46.0 Å². The van der Waals surface area contributed by atoms with Crippen molar-refractivity contribution in [2.75, 3.05) is 0 Å². The average Bonchev–Trinajstić information content (AvgIpc) is 2.81. The Morgan fingerprint density at radius 3 is 2.70 bits per heavy atom. The third kappa shape index (κ3) is 1.54. The average molecular weight is 326 g/mol. The normalized spacial score (nSPS) is 12.6. The van der Waals surface area contributed by atoms with E-state index in [4.69, 9.17) is 9.97 Å². The Kier molecular flexibility index (Phi) is 2.45. The van der Waals surface area contributed by atoms with Crippen LogP contribution in [-0.2, 0) is 6.42 Å². The van der Waals surface area contributed by atoms with Crippen molar-refractivity contribution >= 4 is 27.1 Å². The van der Waals surface area contributed by atoms with Crippen molar-refractivity contribution in [2.24, 2.45) is 0 Å². The van der Waals surface area contributed by atoms with Gasteiger partial charge in [0.1, 0.15) is 5.52 Å². The fourth-order valence-corrected chi connectivity index (χ4v) is 3.08. The fourth-order valence-electron chi connectivity index (χ4n) is 2.80. The van der Waals surface area contributed by atoms with Crippen LogP contribution in [0.1, 0.15) is 22.5 Å². The summed E-state index contributed by atoms with van der Waals surface area (Å²) in [6, 6.07) is 8.37. The molecule has 2 heterocycles. The second-order valence-corrected chi connectivity index (χ2v) is 5.95. The van der Waals surface area contributed by atoms with Crippen LogP contribution in [0, 0.1) is 13.8 Å². The molecule has 4 heteroatoms. The summed E-state index contributed by atoms with van der Waals surface area (Å²) in [5, 5.41) is 0. The van der Waals surface area contributed by atoms with E-state index in [0.717, 1.165) is 44.7 Å². The highest BCUT2D eigenvalue weighted by Gasteiger charge is 2.22. The molecule has 0 saturated carbocycles. The Labute approximate surface area is 125 Å². The van der Waals surface area contributed by atoms with Gasteiger partial charge in [-0.15, -0.1) is 0 Å². The van der Waals surface area contributed by atoms with Gasteiger partial charge in [0, 0.05) is 16.5 Å². The topological polar surface area (TPSA) is 38.7 Å². The highest BCUT2D eigenvalue weighted by atomic mass is 79.9. The maximum absolute atomic E-state index is 4.82. The van der Waals surface area contributed by atoms with Gasteiger partial charge in [0.2, 0.25) is 0 Å². The van der Waals surface area contributed by atoms with E-state index in [1.807, 2.05) is 13.0 Å². The van der Waals surface area contributed by atoms with Crippen LogP contribution in [0.15, 0.2) is 28.7 Å². The lowest BCUT2D eigenvalue weighted by molar-refractivity contribution is 1.09. The van der Waals surface area contributed by atoms with Gasteiger partial charge < -0.3 is 0 Å². The van der Waals surface area contributed by atoms with E-state index >= 15 is 0 Å². The van der Waals surface area contributed by atoms with Crippen LogP contribution in [0.2, 0.25) is 0 Å². The maximum atomic E-state index is 4.82. The molecule has 0 aliphatic heterocycles. The molecule has 0 atom stereocenters. The molecule has 0 spiro atoms. The molecule has 2 aromatic heterocycles. The zero-order chi connectivity index (χ0) is 13.9. The Morgan fingerprint density at radius 1 is 1.05 bits per heavy atom. The van der Waals surface area contributed by atoms with Gasteiger partial charge in [0.25, 0.3) is 0 Å². The third-order valence-corrected chi connectivity index (χ3v) is 5.02. The quantitative estimate of drug-likeness (QED) is 0.491. The summed E-state index contributed by atoms with van der Waals surface area (Å²) in [4.78, 5) is 14.1. The zero-order valence-corrected chi connectivity index (χ0v) is 12.8. The number of hydrogen-bond acceptors (Lipinski definition) is 3. The minimum atomic E-state index is 0.735. The molecule has 3 nitrogen and oxygen atoms in total. The van der Waals surface area contributed by atoms with Crippen LogP contribution in [-0.4, -0.2) is 15.0 Å². The van der Waals surface area contributed by atoms with Gasteiger partial charge in [-0.05, 0) is 40.9 Å². The Hall–Kier alpha value is -1.81. The number of halogens is 1. The van der Waals surface area contributed by atoms with Crippen LogP contribution in [0.5, 0.6) is 0 Å². The summed E-state index contributed by atoms with van der Waals surface area (Å²) >= 11 is 3.58. The number of rotatable bonds is 0. The molecule has 0 saturated heterocycles. The zero-order valence-electron chi connectivity index (χ0n) is 11.2. The number of aromatic nitrogens is 3. The molecular formula is C16H12BrN3. The molecule has 0 radical (unpaired) electrons. The predicted molar refractivity (Wildman–Crippen MR) is 82.7 cm³/mol. The Bertz CT molecular complexity index is 871. The molecule has 0 bridgehead atoms. The number of benzene rings is 1. The summed E-state index contributed by atoms with van der Waals surface area (Å²) in [6.07, 6.45) is 0.860. The first-order chi connectivity index (χ1) is 9.65. The second-order valence-electron chi connectivity index (χ2n) is 5.16. The predicted octanol–water partition coefficient (Wildman–Crippen LogP) is 3.98. The van der Waals surface area contributed by atoms with Gasteiger partial charge in [-0.1, -0.05) is 24.3 Å². The molecule has 98 valence electrons. The van der Waals surface area contributed by atoms with E-state index in [1.54, 1.807) is 0 Å². The monoisotopic (exact) mass is 325 g/mol. The minimum absolute atomic E-state index is 0.735. The lowest BCUT2D eigenvalue weighted by Gasteiger charge is -2.08. The van der Waals surface area contributed by atoms with Gasteiger partial charge in [-0.2, -0.15) is 0 Å². The van der Waals surface area contributed by atoms with Crippen molar-refractivity contribution in [3.63, 3.8) is 0 Å². The summed E-state index contributed by atoms with van der Waals surface area (Å²) in [7, 11) is 0. The summed E-state index contributed by atoms with van der Waals surface area (Å²) in [6.45, 7) is 4.05. The third-order valence-electron chi connectivity index (χ3n) is 3.86. The highest BCUT2D eigenvalue weighted by Crippen LogP contribution is 2.36. The highest BCUT2D eigenvalue weighted by molar-refractivity contribution is 9.10. The molecule has 0 amide bonds. The molecule has 1 aromatic carbocycles. The number of pyridine rings is 1. The standard InChI is InChI=1S/C16H12BrN3/c1-8-13(17)9(2)18-16-14(8)19-12-7-10-5-3-4-6-11(10)15(12)20-16/h3-6H,7H2,1-2H3. The summed E-state index contributed by atoms with van der Waals surface area (Å²) in [5.41, 5.74) is 8.23. The lowest BCUT2D eigenvalue weighted by Crippen LogP contribution is -1.99. The van der Waals surface area contributed by atoms with E-state index < -0.39 is 0 Å². The summed E-state index contributed by atoms with van der Waals surface area (Å²) < 4.78 is 1.02. The van der Waals surface area contributed by atoms with Crippen molar-refractivity contribution in [3.8, 4) is 11.3 Å². The molecule has 20 heavy (non-hydrogen) atoms. The van der Waals surface area contributed by atoms with Gasteiger partial charge >= 0.3 is 0 Å².